The van der Waals surface area contributed by atoms with Gasteiger partial charge < -0.3 is 19.7 Å². The quantitative estimate of drug-likeness (QED) is 0.811. The standard InChI is InChI=1S/C20H29N3O4/c1-20(2,22-8-10-27-11-9-22)14-21-19(25)15-12-18(24)23(13-15)16-4-6-17(26-3)7-5-16/h4-7,15H,8-14H2,1-3H3,(H,21,25). The van der Waals surface area contributed by atoms with Gasteiger partial charge in [0.2, 0.25) is 11.8 Å². The zero-order valence-corrected chi connectivity index (χ0v) is 16.4. The van der Waals surface area contributed by atoms with E-state index < -0.39 is 0 Å². The van der Waals surface area contributed by atoms with E-state index in [0.29, 0.717) is 13.1 Å². The van der Waals surface area contributed by atoms with Crippen LogP contribution in [-0.4, -0.2) is 68.8 Å². The maximum Gasteiger partial charge on any atom is 0.227 e. The van der Waals surface area contributed by atoms with E-state index in [9.17, 15) is 9.59 Å². The number of amides is 2. The second kappa shape index (κ2) is 8.27. The summed E-state index contributed by atoms with van der Waals surface area (Å²) in [6.07, 6.45) is 0.246. The van der Waals surface area contributed by atoms with Crippen LogP contribution in [0.4, 0.5) is 5.69 Å². The van der Waals surface area contributed by atoms with Gasteiger partial charge in [0, 0.05) is 43.8 Å². The highest BCUT2D eigenvalue weighted by Gasteiger charge is 2.36. The van der Waals surface area contributed by atoms with Gasteiger partial charge in [-0.3, -0.25) is 14.5 Å². The predicted molar refractivity (Wildman–Crippen MR) is 103 cm³/mol. The molecule has 2 amide bonds. The number of hydrogen-bond donors (Lipinski definition) is 1. The summed E-state index contributed by atoms with van der Waals surface area (Å²) in [4.78, 5) is 29.0. The minimum absolute atomic E-state index is 0.0206. The van der Waals surface area contributed by atoms with E-state index >= 15 is 0 Å². The number of carbonyl (C=O) groups is 2. The summed E-state index contributed by atoms with van der Waals surface area (Å²) in [5, 5.41) is 3.05. The molecule has 7 heteroatoms. The average Bonchev–Trinajstić information content (AvgIpc) is 3.08. The first-order valence-corrected chi connectivity index (χ1v) is 9.45. The maximum atomic E-state index is 12.6. The van der Waals surface area contributed by atoms with Crippen molar-refractivity contribution in [3.8, 4) is 5.75 Å². The molecule has 1 unspecified atom stereocenters. The number of nitrogens with one attached hydrogen (secondary N) is 1. The van der Waals surface area contributed by atoms with Gasteiger partial charge in [-0.05, 0) is 38.1 Å². The summed E-state index contributed by atoms with van der Waals surface area (Å²) in [5.74, 6) is 0.346. The lowest BCUT2D eigenvalue weighted by molar-refractivity contribution is -0.127. The molecule has 2 aliphatic heterocycles. The molecule has 2 aliphatic rings. The normalized spacial score (nSPS) is 21.4. The largest absolute Gasteiger partial charge is 0.497 e. The smallest absolute Gasteiger partial charge is 0.227 e. The van der Waals surface area contributed by atoms with Crippen LogP contribution in [0.1, 0.15) is 20.3 Å². The molecule has 1 N–H and O–H groups in total. The second-order valence-electron chi connectivity index (χ2n) is 7.73. The Balaban J connectivity index is 1.55. The first-order chi connectivity index (χ1) is 12.9. The van der Waals surface area contributed by atoms with Crippen molar-refractivity contribution in [1.29, 1.82) is 0 Å². The van der Waals surface area contributed by atoms with Gasteiger partial charge in [0.15, 0.2) is 0 Å². The summed E-state index contributed by atoms with van der Waals surface area (Å²) < 4.78 is 10.6. The van der Waals surface area contributed by atoms with Crippen molar-refractivity contribution in [2.45, 2.75) is 25.8 Å². The summed E-state index contributed by atoms with van der Waals surface area (Å²) in [7, 11) is 1.61. The maximum absolute atomic E-state index is 12.6. The molecule has 0 radical (unpaired) electrons. The Labute approximate surface area is 160 Å². The fourth-order valence-electron chi connectivity index (χ4n) is 3.62. The molecule has 1 aromatic rings. The van der Waals surface area contributed by atoms with Gasteiger partial charge in [-0.1, -0.05) is 0 Å². The number of methoxy groups -OCH3 is 1. The Hall–Kier alpha value is -2.12. The van der Waals surface area contributed by atoms with Crippen LogP contribution in [0.25, 0.3) is 0 Å². The summed E-state index contributed by atoms with van der Waals surface area (Å²) in [6.45, 7) is 8.42. The number of ether oxygens (including phenoxy) is 2. The Morgan fingerprint density at radius 1 is 1.26 bits per heavy atom. The minimum atomic E-state index is -0.319. The van der Waals surface area contributed by atoms with Crippen LogP contribution in [0.2, 0.25) is 0 Å². The van der Waals surface area contributed by atoms with Gasteiger partial charge in [-0.15, -0.1) is 0 Å². The third kappa shape index (κ3) is 4.59. The van der Waals surface area contributed by atoms with Gasteiger partial charge in [0.1, 0.15) is 5.75 Å². The Kier molecular flexibility index (Phi) is 6.01. The van der Waals surface area contributed by atoms with Crippen molar-refractivity contribution in [2.75, 3.05) is 51.4 Å². The van der Waals surface area contributed by atoms with Crippen LogP contribution in [0.3, 0.4) is 0 Å². The van der Waals surface area contributed by atoms with Crippen LogP contribution < -0.4 is 15.0 Å². The number of morpholine rings is 1. The van der Waals surface area contributed by atoms with E-state index in [1.807, 2.05) is 24.3 Å². The number of carbonyl (C=O) groups excluding carboxylic acids is 2. The topological polar surface area (TPSA) is 71.1 Å². The molecule has 0 aliphatic carbocycles. The highest BCUT2D eigenvalue weighted by atomic mass is 16.5. The van der Waals surface area contributed by atoms with Crippen molar-refractivity contribution in [3.05, 3.63) is 24.3 Å². The van der Waals surface area contributed by atoms with Gasteiger partial charge in [-0.2, -0.15) is 0 Å². The van der Waals surface area contributed by atoms with Crippen molar-refractivity contribution in [3.63, 3.8) is 0 Å². The van der Waals surface area contributed by atoms with Crippen molar-refractivity contribution in [1.82, 2.24) is 10.2 Å². The van der Waals surface area contributed by atoms with Crippen LogP contribution in [0.15, 0.2) is 24.3 Å². The van der Waals surface area contributed by atoms with Gasteiger partial charge >= 0.3 is 0 Å². The van der Waals surface area contributed by atoms with Crippen molar-refractivity contribution < 1.29 is 19.1 Å². The molecule has 0 saturated carbocycles. The molecular formula is C20H29N3O4. The van der Waals surface area contributed by atoms with E-state index in [-0.39, 0.29) is 29.7 Å². The summed E-state index contributed by atoms with van der Waals surface area (Å²) in [5.41, 5.74) is 0.655. The molecule has 148 valence electrons. The lowest BCUT2D eigenvalue weighted by Gasteiger charge is -2.41. The molecule has 2 fully saturated rings. The molecule has 0 bridgehead atoms. The molecule has 2 saturated heterocycles. The molecule has 2 heterocycles. The van der Waals surface area contributed by atoms with Crippen LogP contribution in [0.5, 0.6) is 5.75 Å². The van der Waals surface area contributed by atoms with E-state index in [4.69, 9.17) is 9.47 Å². The van der Waals surface area contributed by atoms with Gasteiger partial charge in [0.05, 0.1) is 26.2 Å². The first-order valence-electron chi connectivity index (χ1n) is 9.45. The Bertz CT molecular complexity index is 668. The molecule has 7 nitrogen and oxygen atoms in total. The van der Waals surface area contributed by atoms with E-state index in [1.165, 1.54) is 0 Å². The molecule has 1 aromatic carbocycles. The first kappa shape index (κ1) is 19.6. The number of anilines is 1. The van der Waals surface area contributed by atoms with Crippen LogP contribution >= 0.6 is 0 Å². The molecular weight excluding hydrogens is 346 g/mol. The monoisotopic (exact) mass is 375 g/mol. The lowest BCUT2D eigenvalue weighted by Crippen LogP contribution is -2.55. The van der Waals surface area contributed by atoms with E-state index in [2.05, 4.69) is 24.1 Å². The van der Waals surface area contributed by atoms with Crippen LogP contribution in [0, 0.1) is 5.92 Å². The average molecular weight is 375 g/mol. The SMILES string of the molecule is COc1ccc(N2CC(C(=O)NCC(C)(C)N3CCOCC3)CC2=O)cc1. The van der Waals surface area contributed by atoms with E-state index in [0.717, 1.165) is 37.7 Å². The van der Waals surface area contributed by atoms with Gasteiger partial charge in [0.25, 0.3) is 0 Å². The highest BCUT2D eigenvalue weighted by molar-refractivity contribution is 6.00. The Morgan fingerprint density at radius 2 is 1.93 bits per heavy atom. The fourth-order valence-corrected chi connectivity index (χ4v) is 3.62. The molecule has 0 aromatic heterocycles. The zero-order chi connectivity index (χ0) is 19.4. The highest BCUT2D eigenvalue weighted by Crippen LogP contribution is 2.27. The summed E-state index contributed by atoms with van der Waals surface area (Å²) in [6, 6.07) is 7.33. The second-order valence-corrected chi connectivity index (χ2v) is 7.73. The zero-order valence-electron chi connectivity index (χ0n) is 16.4. The number of nitrogens with zero attached hydrogens (tertiary/aromatic N) is 2. The van der Waals surface area contributed by atoms with Crippen LogP contribution in [-0.2, 0) is 14.3 Å². The predicted octanol–water partition coefficient (Wildman–Crippen LogP) is 1.28. The van der Waals surface area contributed by atoms with E-state index in [1.54, 1.807) is 12.0 Å². The Morgan fingerprint density at radius 3 is 2.56 bits per heavy atom. The number of hydrogen-bond acceptors (Lipinski definition) is 5. The number of benzene rings is 1. The molecule has 3 rings (SSSR count). The number of rotatable bonds is 6. The fraction of sp³-hybridized carbons (Fsp3) is 0.600. The van der Waals surface area contributed by atoms with Gasteiger partial charge in [-0.25, -0.2) is 0 Å². The third-order valence-electron chi connectivity index (χ3n) is 5.44. The minimum Gasteiger partial charge on any atom is -0.497 e. The third-order valence-corrected chi connectivity index (χ3v) is 5.44. The lowest BCUT2D eigenvalue weighted by atomic mass is 10.0. The molecule has 0 spiro atoms. The summed E-state index contributed by atoms with van der Waals surface area (Å²) >= 11 is 0. The molecule has 1 atom stereocenters. The molecule has 27 heavy (non-hydrogen) atoms. The van der Waals surface area contributed by atoms with Crippen molar-refractivity contribution in [2.24, 2.45) is 5.92 Å². The van der Waals surface area contributed by atoms with Crippen molar-refractivity contribution >= 4 is 17.5 Å².